The number of aromatic nitrogens is 2. The van der Waals surface area contributed by atoms with Gasteiger partial charge in [-0.1, -0.05) is 11.6 Å². The number of alkyl halides is 3. The van der Waals surface area contributed by atoms with E-state index >= 15 is 0 Å². The van der Waals surface area contributed by atoms with Crippen LogP contribution in [0.1, 0.15) is 25.7 Å². The molecule has 0 radical (unpaired) electrons. The zero-order valence-electron chi connectivity index (χ0n) is 15.3. The zero-order valence-corrected chi connectivity index (χ0v) is 16.1. The van der Waals surface area contributed by atoms with Crippen molar-refractivity contribution in [1.82, 2.24) is 19.6 Å². The summed E-state index contributed by atoms with van der Waals surface area (Å²) >= 11 is 0.902. The van der Waals surface area contributed by atoms with E-state index in [0.717, 1.165) is 32.9 Å². The minimum absolute atomic E-state index is 0.220. The van der Waals surface area contributed by atoms with Crippen LogP contribution in [0.15, 0.2) is 36.5 Å². The fourth-order valence-corrected chi connectivity index (χ4v) is 4.06. The number of hydrogen-bond donors (Lipinski definition) is 2. The second-order valence-corrected chi connectivity index (χ2v) is 7.92. The van der Waals surface area contributed by atoms with E-state index in [2.05, 4.69) is 14.7 Å². The number of amides is 2. The lowest BCUT2D eigenvalue weighted by atomic mass is 10.0. The summed E-state index contributed by atoms with van der Waals surface area (Å²) in [6.45, 7) is 1.19. The number of carbonyl (C=O) groups is 2. The van der Waals surface area contributed by atoms with Crippen LogP contribution in [0.5, 0.6) is 0 Å². The van der Waals surface area contributed by atoms with E-state index in [4.69, 9.17) is 0 Å². The number of H-pyrrole nitrogens is 1. The minimum atomic E-state index is -4.54. The van der Waals surface area contributed by atoms with E-state index in [1.54, 1.807) is 6.07 Å². The number of nitrogens with one attached hydrogen (secondary N) is 2. The zero-order chi connectivity index (χ0) is 20.8. The first-order chi connectivity index (χ1) is 13.7. The number of benzene rings is 1. The maximum absolute atomic E-state index is 13.5. The molecule has 0 spiro atoms. The molecule has 6 nitrogen and oxygen atoms in total. The van der Waals surface area contributed by atoms with Crippen LogP contribution in [-0.2, 0) is 0 Å². The maximum atomic E-state index is 13.5. The van der Waals surface area contributed by atoms with E-state index < -0.39 is 36.5 Å². The Kier molecular flexibility index (Phi) is 4.81. The Bertz CT molecular complexity index is 1060. The van der Waals surface area contributed by atoms with Crippen molar-refractivity contribution in [3.63, 3.8) is 0 Å². The Morgan fingerprint density at radius 3 is 2.72 bits per heavy atom. The van der Waals surface area contributed by atoms with Crippen molar-refractivity contribution in [2.75, 3.05) is 13.1 Å². The molecule has 2 amide bonds. The molecule has 1 aromatic carbocycles. The fourth-order valence-electron chi connectivity index (χ4n) is 3.56. The first kappa shape index (κ1) is 19.4. The van der Waals surface area contributed by atoms with Crippen LogP contribution in [0.4, 0.5) is 13.2 Å². The van der Waals surface area contributed by atoms with Crippen LogP contribution in [0.2, 0.25) is 0 Å². The van der Waals surface area contributed by atoms with Gasteiger partial charge >= 0.3 is 6.18 Å². The van der Waals surface area contributed by atoms with Gasteiger partial charge in [0.25, 0.3) is 11.8 Å². The molecular formula is C19H17F3N4O2S. The number of rotatable bonds is 3. The molecule has 1 fully saturated rings. The molecule has 2 N–H and O–H groups in total. The predicted molar refractivity (Wildman–Crippen MR) is 102 cm³/mol. The van der Waals surface area contributed by atoms with Crippen LogP contribution in [0.25, 0.3) is 10.9 Å². The third kappa shape index (κ3) is 3.84. The van der Waals surface area contributed by atoms with Gasteiger partial charge in [-0.25, -0.2) is 4.37 Å². The Balaban J connectivity index is 1.55. The van der Waals surface area contributed by atoms with Gasteiger partial charge in [0.2, 0.25) is 0 Å². The Morgan fingerprint density at radius 2 is 2.03 bits per heavy atom. The Hall–Kier alpha value is -2.88. The number of nitrogens with zero attached hydrogens (tertiary/aromatic N) is 2. The van der Waals surface area contributed by atoms with E-state index in [-0.39, 0.29) is 17.1 Å². The molecule has 0 unspecified atom stereocenters. The van der Waals surface area contributed by atoms with E-state index in [1.165, 1.54) is 12.3 Å². The molecule has 1 saturated heterocycles. The van der Waals surface area contributed by atoms with Crippen molar-refractivity contribution in [2.45, 2.75) is 19.1 Å². The number of hydrogen-bond acceptors (Lipinski definition) is 4. The van der Waals surface area contributed by atoms with Crippen LogP contribution < -0.4 is 5.32 Å². The van der Waals surface area contributed by atoms with E-state index in [0.29, 0.717) is 0 Å². The summed E-state index contributed by atoms with van der Waals surface area (Å²) in [5.74, 6) is -2.99. The molecule has 1 aliphatic rings. The van der Waals surface area contributed by atoms with Crippen molar-refractivity contribution in [3.05, 3.63) is 52.7 Å². The quantitative estimate of drug-likeness (QED) is 0.680. The molecule has 3 aromatic rings. The van der Waals surface area contributed by atoms with Crippen molar-refractivity contribution in [1.29, 1.82) is 0 Å². The van der Waals surface area contributed by atoms with Crippen LogP contribution >= 0.6 is 11.5 Å². The number of carbonyl (C=O) groups excluding carboxylic acids is 2. The van der Waals surface area contributed by atoms with E-state index in [9.17, 15) is 22.8 Å². The maximum Gasteiger partial charge on any atom is 0.395 e. The molecule has 152 valence electrons. The largest absolute Gasteiger partial charge is 0.395 e. The molecule has 0 bridgehead atoms. The average molecular weight is 422 g/mol. The number of aromatic amines is 1. The van der Waals surface area contributed by atoms with Crippen LogP contribution in [0, 0.1) is 12.8 Å². The lowest BCUT2D eigenvalue weighted by molar-refractivity contribution is -0.174. The number of likely N-dealkylation sites (tertiary alicyclic amines) is 1. The topological polar surface area (TPSA) is 78.1 Å². The summed E-state index contributed by atoms with van der Waals surface area (Å²) < 4.78 is 44.4. The molecule has 0 aliphatic carbocycles. The third-order valence-corrected chi connectivity index (χ3v) is 5.76. The highest BCUT2D eigenvalue weighted by molar-refractivity contribution is 7.08. The fraction of sp³-hybridized carbons (Fsp3) is 0.316. The highest BCUT2D eigenvalue weighted by atomic mass is 32.1. The summed E-state index contributed by atoms with van der Waals surface area (Å²) in [5.41, 5.74) is 1.97. The third-order valence-electron chi connectivity index (χ3n) is 5.01. The van der Waals surface area contributed by atoms with E-state index in [1.807, 2.05) is 25.1 Å². The van der Waals surface area contributed by atoms with Crippen LogP contribution in [0.3, 0.4) is 0 Å². The van der Waals surface area contributed by atoms with Gasteiger partial charge in [-0.2, -0.15) is 13.2 Å². The minimum Gasteiger partial charge on any atom is -0.351 e. The highest BCUT2D eigenvalue weighted by Crippen LogP contribution is 2.35. The highest BCUT2D eigenvalue weighted by Gasteiger charge is 2.51. The first-order valence-electron chi connectivity index (χ1n) is 8.89. The second-order valence-electron chi connectivity index (χ2n) is 7.09. The van der Waals surface area contributed by atoms with Crippen molar-refractivity contribution < 1.29 is 22.8 Å². The molecule has 0 saturated carbocycles. The van der Waals surface area contributed by atoms with Gasteiger partial charge in [-0.15, -0.1) is 0 Å². The standard InChI is InChI=1S/C19H17F3N4O2S/c1-10-2-3-13-11(6-10)7-14(24-13)18(28)26-8-12(19(20,21)22)15(9-26)25-17(27)16-4-5-23-29-16/h2-7,12,15,24H,8-9H2,1H3,(H,25,27)/t12-,15-/m1/s1. The summed E-state index contributed by atoms with van der Waals surface area (Å²) in [5, 5.41) is 3.23. The van der Waals surface area contributed by atoms with Crippen molar-refractivity contribution in [2.24, 2.45) is 5.92 Å². The van der Waals surface area contributed by atoms with Crippen LogP contribution in [-0.4, -0.2) is 51.4 Å². The summed E-state index contributed by atoms with van der Waals surface area (Å²) in [6, 6.07) is 7.45. The summed E-state index contributed by atoms with van der Waals surface area (Å²) in [7, 11) is 0. The normalized spacial score (nSPS) is 19.7. The summed E-state index contributed by atoms with van der Waals surface area (Å²) in [4.78, 5) is 29.4. The molecule has 4 rings (SSSR count). The SMILES string of the molecule is Cc1ccc2[nH]c(C(=O)N3C[C@@H](C(F)(F)F)[C@H](NC(=O)c4ccns4)C3)cc2c1. The predicted octanol–water partition coefficient (Wildman–Crippen LogP) is 3.37. The lowest BCUT2D eigenvalue weighted by Gasteiger charge is -2.21. The monoisotopic (exact) mass is 422 g/mol. The number of fused-ring (bicyclic) bond motifs is 1. The molecule has 2 aromatic heterocycles. The average Bonchev–Trinajstić information content (AvgIpc) is 3.39. The summed E-state index contributed by atoms with van der Waals surface area (Å²) in [6.07, 6.45) is -3.14. The van der Waals surface area contributed by atoms with Gasteiger partial charge in [0.1, 0.15) is 10.6 Å². The smallest absolute Gasteiger partial charge is 0.351 e. The Labute approximate surface area is 167 Å². The lowest BCUT2D eigenvalue weighted by Crippen LogP contribution is -2.45. The first-order valence-corrected chi connectivity index (χ1v) is 9.66. The number of aryl methyl sites for hydroxylation is 1. The molecule has 1 aliphatic heterocycles. The van der Waals surface area contributed by atoms with Gasteiger partial charge in [-0.05, 0) is 42.7 Å². The van der Waals surface area contributed by atoms with Crippen molar-refractivity contribution >= 4 is 34.2 Å². The number of halogens is 3. The molecule has 10 heteroatoms. The second kappa shape index (κ2) is 7.18. The molecule has 3 heterocycles. The van der Waals surface area contributed by atoms with Gasteiger partial charge in [0.15, 0.2) is 0 Å². The van der Waals surface area contributed by atoms with Gasteiger partial charge in [-0.3, -0.25) is 9.59 Å². The Morgan fingerprint density at radius 1 is 1.24 bits per heavy atom. The van der Waals surface area contributed by atoms with Gasteiger partial charge < -0.3 is 15.2 Å². The molecule has 29 heavy (non-hydrogen) atoms. The molecule has 2 atom stereocenters. The van der Waals surface area contributed by atoms with Gasteiger partial charge in [0, 0.05) is 30.2 Å². The van der Waals surface area contributed by atoms with Crippen molar-refractivity contribution in [3.8, 4) is 0 Å². The van der Waals surface area contributed by atoms with Gasteiger partial charge in [0.05, 0.1) is 12.0 Å². The molecular weight excluding hydrogens is 405 g/mol.